The molecule has 0 bridgehead atoms. The first kappa shape index (κ1) is 15.1. The number of hydrogen-bond donors (Lipinski definition) is 1. The van der Waals surface area contributed by atoms with E-state index in [1.54, 1.807) is 0 Å². The van der Waals surface area contributed by atoms with Gasteiger partial charge in [-0.3, -0.25) is 0 Å². The zero-order valence-corrected chi connectivity index (χ0v) is 13.8. The molecule has 0 saturated heterocycles. The first-order valence-electron chi connectivity index (χ1n) is 7.86. The molecule has 3 rings (SSSR count). The summed E-state index contributed by atoms with van der Waals surface area (Å²) < 4.78 is 0. The van der Waals surface area contributed by atoms with Crippen LogP contribution in [0, 0.1) is 25.2 Å². The van der Waals surface area contributed by atoms with Gasteiger partial charge in [-0.25, -0.2) is 0 Å². The van der Waals surface area contributed by atoms with Crippen LogP contribution in [0.2, 0.25) is 0 Å². The van der Waals surface area contributed by atoms with Gasteiger partial charge in [-0.1, -0.05) is 42.0 Å². The minimum absolute atomic E-state index is 0.616. The number of hydrogen-bond acceptors (Lipinski definition) is 1. The first-order chi connectivity index (χ1) is 11.1. The maximum Gasteiger partial charge on any atom is 0.118 e. The summed E-state index contributed by atoms with van der Waals surface area (Å²) in [5, 5.41) is 10.3. The number of benzene rings is 2. The number of nitriles is 1. The number of allylic oxidation sites excluding steroid dienone is 1. The molecule has 3 aromatic rings. The van der Waals surface area contributed by atoms with Crippen molar-refractivity contribution in [3.05, 3.63) is 76.0 Å². The van der Waals surface area contributed by atoms with Crippen molar-refractivity contribution in [1.29, 1.82) is 5.26 Å². The summed E-state index contributed by atoms with van der Waals surface area (Å²) in [6, 6.07) is 14.9. The molecule has 1 aromatic heterocycles. The number of nitrogens with zero attached hydrogens (tertiary/aromatic N) is 1. The average molecular weight is 300 g/mol. The highest BCUT2D eigenvalue weighted by Crippen LogP contribution is 2.26. The van der Waals surface area contributed by atoms with Gasteiger partial charge in [0.25, 0.3) is 0 Å². The van der Waals surface area contributed by atoms with Gasteiger partial charge in [-0.05, 0) is 55.2 Å². The van der Waals surface area contributed by atoms with Gasteiger partial charge in [0.2, 0.25) is 0 Å². The number of fused-ring (bicyclic) bond motifs is 1. The largest absolute Gasteiger partial charge is 0.346 e. The van der Waals surface area contributed by atoms with E-state index < -0.39 is 0 Å². The van der Waals surface area contributed by atoms with E-state index in [1.165, 1.54) is 27.8 Å². The van der Waals surface area contributed by atoms with Gasteiger partial charge < -0.3 is 4.98 Å². The summed E-state index contributed by atoms with van der Waals surface area (Å²) >= 11 is 0. The van der Waals surface area contributed by atoms with E-state index in [1.807, 2.05) is 13.0 Å². The Morgan fingerprint density at radius 1 is 1.13 bits per heavy atom. The third-order valence-corrected chi connectivity index (χ3v) is 4.20. The average Bonchev–Trinajstić information content (AvgIpc) is 2.94. The third kappa shape index (κ3) is 2.91. The molecule has 0 radical (unpaired) electrons. The second kappa shape index (κ2) is 6.14. The Bertz CT molecular complexity index is 936. The lowest BCUT2D eigenvalue weighted by Crippen LogP contribution is -1.96. The third-order valence-electron chi connectivity index (χ3n) is 4.20. The normalized spacial score (nSPS) is 11.2. The smallest absolute Gasteiger partial charge is 0.118 e. The van der Waals surface area contributed by atoms with Crippen molar-refractivity contribution in [2.45, 2.75) is 27.2 Å². The topological polar surface area (TPSA) is 39.6 Å². The molecule has 0 aliphatic carbocycles. The molecular weight excluding hydrogens is 280 g/mol. The van der Waals surface area contributed by atoms with Crippen LogP contribution in [0.4, 0.5) is 0 Å². The lowest BCUT2D eigenvalue weighted by atomic mass is 9.94. The molecule has 2 nitrogen and oxygen atoms in total. The molecule has 0 atom stereocenters. The Labute approximate surface area is 137 Å². The van der Waals surface area contributed by atoms with Crippen LogP contribution >= 0.6 is 0 Å². The van der Waals surface area contributed by atoms with Crippen LogP contribution < -0.4 is 0 Å². The second-order valence-electron chi connectivity index (χ2n) is 6.01. The Balaban J connectivity index is 2.14. The molecule has 1 N–H and O–H groups in total. The molecule has 0 unspecified atom stereocenters. The molecule has 0 aliphatic heterocycles. The van der Waals surface area contributed by atoms with E-state index in [-0.39, 0.29) is 0 Å². The van der Waals surface area contributed by atoms with E-state index in [0.717, 1.165) is 17.3 Å². The fourth-order valence-electron chi connectivity index (χ4n) is 3.19. The number of aryl methyl sites for hydroxylation is 2. The van der Waals surface area contributed by atoms with Crippen LogP contribution in [0.3, 0.4) is 0 Å². The van der Waals surface area contributed by atoms with Crippen LogP contribution in [0.1, 0.15) is 40.4 Å². The number of H-pyrrole nitrogens is 1. The SMILES string of the molecule is CC=Cc1c(C)cccc1Cc1cc(C)cc2cc(C#N)[nH]c12. The highest BCUT2D eigenvalue weighted by atomic mass is 14.7. The molecule has 2 aromatic carbocycles. The Morgan fingerprint density at radius 3 is 2.70 bits per heavy atom. The van der Waals surface area contributed by atoms with Crippen molar-refractivity contribution in [2.24, 2.45) is 0 Å². The van der Waals surface area contributed by atoms with E-state index in [0.29, 0.717) is 5.69 Å². The summed E-state index contributed by atoms with van der Waals surface area (Å²) in [7, 11) is 0. The van der Waals surface area contributed by atoms with Gasteiger partial charge in [-0.2, -0.15) is 5.26 Å². The molecule has 0 saturated carbocycles. The highest BCUT2D eigenvalue weighted by molar-refractivity contribution is 5.85. The molecule has 1 heterocycles. The number of rotatable bonds is 3. The quantitative estimate of drug-likeness (QED) is 0.702. The molecule has 114 valence electrons. The molecular formula is C21H20N2. The van der Waals surface area contributed by atoms with Crippen molar-refractivity contribution < 1.29 is 0 Å². The second-order valence-corrected chi connectivity index (χ2v) is 6.01. The lowest BCUT2D eigenvalue weighted by molar-refractivity contribution is 1.17. The van der Waals surface area contributed by atoms with Crippen LogP contribution in [-0.4, -0.2) is 4.98 Å². The zero-order chi connectivity index (χ0) is 16.4. The predicted molar refractivity (Wildman–Crippen MR) is 96.4 cm³/mol. The monoisotopic (exact) mass is 300 g/mol. The summed E-state index contributed by atoms with van der Waals surface area (Å²) in [5.41, 5.74) is 8.02. The zero-order valence-electron chi connectivity index (χ0n) is 13.8. The van der Waals surface area contributed by atoms with Crippen LogP contribution in [0.25, 0.3) is 17.0 Å². The highest BCUT2D eigenvalue weighted by Gasteiger charge is 2.10. The van der Waals surface area contributed by atoms with Crippen molar-refractivity contribution in [1.82, 2.24) is 4.98 Å². The number of nitrogens with one attached hydrogen (secondary N) is 1. The van der Waals surface area contributed by atoms with Gasteiger partial charge in [-0.15, -0.1) is 0 Å². The van der Waals surface area contributed by atoms with Crippen molar-refractivity contribution in [3.63, 3.8) is 0 Å². The Hall–Kier alpha value is -2.79. The van der Waals surface area contributed by atoms with Crippen molar-refractivity contribution in [3.8, 4) is 6.07 Å². The molecule has 0 amide bonds. The van der Waals surface area contributed by atoms with E-state index >= 15 is 0 Å². The van der Waals surface area contributed by atoms with Crippen molar-refractivity contribution in [2.75, 3.05) is 0 Å². The fraction of sp³-hybridized carbons (Fsp3) is 0.190. The van der Waals surface area contributed by atoms with Crippen LogP contribution in [0.15, 0.2) is 42.5 Å². The first-order valence-corrected chi connectivity index (χ1v) is 7.86. The molecule has 0 aliphatic rings. The van der Waals surface area contributed by atoms with E-state index in [2.05, 4.69) is 67.4 Å². The van der Waals surface area contributed by atoms with Gasteiger partial charge in [0.1, 0.15) is 11.8 Å². The Morgan fingerprint density at radius 2 is 1.96 bits per heavy atom. The number of aromatic amines is 1. The molecule has 0 fully saturated rings. The predicted octanol–water partition coefficient (Wildman–Crippen LogP) is 5.28. The van der Waals surface area contributed by atoms with Gasteiger partial charge in [0, 0.05) is 17.3 Å². The van der Waals surface area contributed by atoms with Crippen LogP contribution in [-0.2, 0) is 6.42 Å². The van der Waals surface area contributed by atoms with Gasteiger partial charge in [0.05, 0.1) is 0 Å². The minimum atomic E-state index is 0.616. The summed E-state index contributed by atoms with van der Waals surface area (Å²) in [6.45, 7) is 6.30. The maximum absolute atomic E-state index is 9.15. The van der Waals surface area contributed by atoms with Gasteiger partial charge >= 0.3 is 0 Å². The molecule has 2 heteroatoms. The molecule has 23 heavy (non-hydrogen) atoms. The summed E-state index contributed by atoms with van der Waals surface area (Å²) in [5.74, 6) is 0. The van der Waals surface area contributed by atoms with Crippen LogP contribution in [0.5, 0.6) is 0 Å². The van der Waals surface area contributed by atoms with Gasteiger partial charge in [0.15, 0.2) is 0 Å². The Kier molecular flexibility index (Phi) is 4.04. The summed E-state index contributed by atoms with van der Waals surface area (Å²) in [4.78, 5) is 3.25. The fourth-order valence-corrected chi connectivity index (χ4v) is 3.19. The van der Waals surface area contributed by atoms with E-state index in [9.17, 15) is 0 Å². The van der Waals surface area contributed by atoms with E-state index in [4.69, 9.17) is 5.26 Å². The molecule has 0 spiro atoms. The summed E-state index contributed by atoms with van der Waals surface area (Å²) in [6.07, 6.45) is 5.11. The number of aromatic nitrogens is 1. The maximum atomic E-state index is 9.15. The lowest BCUT2D eigenvalue weighted by Gasteiger charge is -2.11. The minimum Gasteiger partial charge on any atom is -0.346 e. The standard InChI is InChI=1S/C21H20N2/c1-4-6-20-15(3)7-5-8-16(20)11-17-9-14(2)10-18-12-19(13-22)23-21(17)18/h4-10,12,23H,11H2,1-3H3. The van der Waals surface area contributed by atoms with Crippen molar-refractivity contribution >= 4 is 17.0 Å².